The Labute approximate surface area is 181 Å². The molecule has 0 unspecified atom stereocenters. The van der Waals surface area contributed by atoms with Crippen LogP contribution in [0.4, 0.5) is 0 Å². The summed E-state index contributed by atoms with van der Waals surface area (Å²) in [5, 5.41) is 27.8. The van der Waals surface area contributed by atoms with Gasteiger partial charge in [0.25, 0.3) is 0 Å². The van der Waals surface area contributed by atoms with Gasteiger partial charge in [-0.1, -0.05) is 41.0 Å². The maximum Gasteiger partial charge on any atom is 0.331 e. The molecule has 1 atom stereocenters. The Morgan fingerprint density at radius 2 is 1.43 bits per heavy atom. The summed E-state index contributed by atoms with van der Waals surface area (Å²) in [5.74, 6) is -0.414. The number of aliphatic hydroxyl groups excluding tert-OH is 3. The van der Waals surface area contributed by atoms with Gasteiger partial charge in [0, 0.05) is 18.1 Å². The Kier molecular flexibility index (Phi) is 13.0. The zero-order valence-electron chi connectivity index (χ0n) is 18.7. The second-order valence-electron chi connectivity index (χ2n) is 7.98. The smallest absolute Gasteiger partial charge is 0.331 e. The molecule has 0 fully saturated rings. The van der Waals surface area contributed by atoms with Crippen molar-refractivity contribution in [2.75, 3.05) is 19.8 Å². The molecule has 1 rings (SSSR count). The predicted octanol–water partition coefficient (Wildman–Crippen LogP) is 4.31. The number of cyclic esters (lactones) is 1. The highest BCUT2D eigenvalue weighted by Crippen LogP contribution is 2.20. The second-order valence-corrected chi connectivity index (χ2v) is 7.98. The molecule has 5 heteroatoms. The minimum absolute atomic E-state index is 0.0160. The quantitative estimate of drug-likeness (QED) is 0.289. The summed E-state index contributed by atoms with van der Waals surface area (Å²) in [7, 11) is 0. The van der Waals surface area contributed by atoms with Crippen molar-refractivity contribution in [3.05, 3.63) is 58.2 Å². The molecule has 1 aliphatic rings. The SMILES string of the molecule is C/C(=C\CC/C(C)=C/CC/C(C)=C/CC/C(=C/C[C@H]1OC(=O)C=C1CO)CO)CO. The van der Waals surface area contributed by atoms with Gasteiger partial charge in [-0.2, -0.15) is 0 Å². The molecule has 0 spiro atoms. The lowest BCUT2D eigenvalue weighted by molar-refractivity contribution is -0.138. The van der Waals surface area contributed by atoms with E-state index in [1.54, 1.807) is 0 Å². The minimum Gasteiger partial charge on any atom is -0.454 e. The van der Waals surface area contributed by atoms with Crippen LogP contribution in [0, 0.1) is 0 Å². The van der Waals surface area contributed by atoms with Crippen molar-refractivity contribution in [3.8, 4) is 0 Å². The lowest BCUT2D eigenvalue weighted by Gasteiger charge is -2.11. The van der Waals surface area contributed by atoms with E-state index in [1.165, 1.54) is 17.2 Å². The van der Waals surface area contributed by atoms with Crippen LogP contribution in [0.25, 0.3) is 0 Å². The van der Waals surface area contributed by atoms with Crippen molar-refractivity contribution in [2.24, 2.45) is 0 Å². The Morgan fingerprint density at radius 3 is 1.97 bits per heavy atom. The molecule has 0 saturated carbocycles. The maximum absolute atomic E-state index is 11.3. The predicted molar refractivity (Wildman–Crippen MR) is 121 cm³/mol. The summed E-state index contributed by atoms with van der Waals surface area (Å²) in [6, 6.07) is 0. The van der Waals surface area contributed by atoms with Crippen molar-refractivity contribution >= 4 is 5.97 Å². The molecule has 30 heavy (non-hydrogen) atoms. The van der Waals surface area contributed by atoms with E-state index in [0.29, 0.717) is 12.0 Å². The Hall–Kier alpha value is -1.95. The molecular weight excluding hydrogens is 380 g/mol. The van der Waals surface area contributed by atoms with Crippen LogP contribution in [-0.2, 0) is 9.53 Å². The van der Waals surface area contributed by atoms with Gasteiger partial charge in [0.15, 0.2) is 0 Å². The van der Waals surface area contributed by atoms with Gasteiger partial charge in [-0.15, -0.1) is 0 Å². The van der Waals surface area contributed by atoms with Crippen LogP contribution in [0.1, 0.15) is 65.7 Å². The monoisotopic (exact) mass is 418 g/mol. The zero-order chi connectivity index (χ0) is 22.4. The molecule has 0 aromatic carbocycles. The van der Waals surface area contributed by atoms with E-state index in [-0.39, 0.29) is 19.8 Å². The summed E-state index contributed by atoms with van der Waals surface area (Å²) >= 11 is 0. The summed E-state index contributed by atoms with van der Waals surface area (Å²) in [6.07, 6.45) is 15.6. The number of rotatable bonds is 14. The van der Waals surface area contributed by atoms with Gasteiger partial charge in [-0.25, -0.2) is 4.79 Å². The van der Waals surface area contributed by atoms with E-state index in [9.17, 15) is 15.0 Å². The minimum atomic E-state index is -0.417. The highest BCUT2D eigenvalue weighted by atomic mass is 16.5. The van der Waals surface area contributed by atoms with Crippen molar-refractivity contribution in [1.82, 2.24) is 0 Å². The lowest BCUT2D eigenvalue weighted by Crippen LogP contribution is -2.13. The molecule has 168 valence electrons. The van der Waals surface area contributed by atoms with Gasteiger partial charge in [-0.05, 0) is 64.9 Å². The first kappa shape index (κ1) is 26.1. The van der Waals surface area contributed by atoms with E-state index in [0.717, 1.165) is 49.7 Å². The van der Waals surface area contributed by atoms with Crippen LogP contribution in [0.2, 0.25) is 0 Å². The molecule has 0 bridgehead atoms. The van der Waals surface area contributed by atoms with Crippen LogP contribution >= 0.6 is 0 Å². The molecule has 1 heterocycles. The number of aliphatic hydroxyl groups is 3. The number of hydrogen-bond donors (Lipinski definition) is 3. The van der Waals surface area contributed by atoms with Crippen molar-refractivity contribution in [3.63, 3.8) is 0 Å². The highest BCUT2D eigenvalue weighted by molar-refractivity contribution is 5.85. The normalized spacial score (nSPS) is 18.7. The van der Waals surface area contributed by atoms with E-state index in [2.05, 4.69) is 32.1 Å². The molecule has 5 nitrogen and oxygen atoms in total. The number of hydrogen-bond acceptors (Lipinski definition) is 5. The fourth-order valence-corrected chi connectivity index (χ4v) is 3.23. The lowest BCUT2D eigenvalue weighted by atomic mass is 10.0. The third-order valence-corrected chi connectivity index (χ3v) is 5.25. The molecule has 0 aromatic rings. The first-order valence-corrected chi connectivity index (χ1v) is 10.8. The number of carbonyl (C=O) groups excluding carboxylic acids is 1. The topological polar surface area (TPSA) is 87.0 Å². The third kappa shape index (κ3) is 10.7. The Balaban J connectivity index is 2.36. The van der Waals surface area contributed by atoms with E-state index < -0.39 is 12.1 Å². The molecule has 0 saturated heterocycles. The first-order valence-electron chi connectivity index (χ1n) is 10.8. The summed E-state index contributed by atoms with van der Waals surface area (Å²) < 4.78 is 5.16. The van der Waals surface area contributed by atoms with Gasteiger partial charge in [0.05, 0.1) is 19.8 Å². The Morgan fingerprint density at radius 1 is 0.867 bits per heavy atom. The standard InChI is InChI=1S/C25H38O5/c1-19(9-5-11-21(3)16-26)7-4-8-20(2)10-6-12-22(17-27)13-14-24-23(18-28)15-25(29)30-24/h7,10-11,13,15,24,26-28H,4-6,8-9,12,14,16-18H2,1-3H3/b19-7+,20-10+,21-11+,22-13-/t24-/m1/s1. The van der Waals surface area contributed by atoms with Crippen LogP contribution < -0.4 is 0 Å². The molecule has 0 amide bonds. The number of carbonyl (C=O) groups is 1. The van der Waals surface area contributed by atoms with Gasteiger partial charge < -0.3 is 20.1 Å². The fraction of sp³-hybridized carbons (Fsp3) is 0.560. The number of esters is 1. The van der Waals surface area contributed by atoms with Gasteiger partial charge in [0.2, 0.25) is 0 Å². The number of allylic oxidation sites excluding steroid dienone is 5. The molecule has 0 radical (unpaired) electrons. The van der Waals surface area contributed by atoms with Crippen LogP contribution in [0.3, 0.4) is 0 Å². The van der Waals surface area contributed by atoms with E-state index in [1.807, 2.05) is 13.0 Å². The molecular formula is C25H38O5. The maximum atomic E-state index is 11.3. The second kappa shape index (κ2) is 14.9. The van der Waals surface area contributed by atoms with Crippen molar-refractivity contribution in [1.29, 1.82) is 0 Å². The van der Waals surface area contributed by atoms with Crippen molar-refractivity contribution < 1.29 is 24.9 Å². The number of ether oxygens (including phenoxy) is 1. The average molecular weight is 419 g/mol. The van der Waals surface area contributed by atoms with Crippen LogP contribution in [0.15, 0.2) is 58.2 Å². The van der Waals surface area contributed by atoms with Crippen LogP contribution in [-0.4, -0.2) is 47.2 Å². The molecule has 1 aliphatic heterocycles. The average Bonchev–Trinajstić information content (AvgIpc) is 3.09. The van der Waals surface area contributed by atoms with Gasteiger partial charge in [-0.3, -0.25) is 0 Å². The highest BCUT2D eigenvalue weighted by Gasteiger charge is 2.24. The summed E-state index contributed by atoms with van der Waals surface area (Å²) in [4.78, 5) is 11.3. The third-order valence-electron chi connectivity index (χ3n) is 5.25. The fourth-order valence-electron chi connectivity index (χ4n) is 3.23. The van der Waals surface area contributed by atoms with Crippen LogP contribution in [0.5, 0.6) is 0 Å². The summed E-state index contributed by atoms with van der Waals surface area (Å²) in [6.45, 7) is 6.16. The summed E-state index contributed by atoms with van der Waals surface area (Å²) in [5.41, 5.74) is 5.24. The van der Waals surface area contributed by atoms with Gasteiger partial charge >= 0.3 is 5.97 Å². The van der Waals surface area contributed by atoms with E-state index in [4.69, 9.17) is 9.84 Å². The molecule has 0 aliphatic carbocycles. The van der Waals surface area contributed by atoms with Gasteiger partial charge in [0.1, 0.15) is 6.10 Å². The molecule has 0 aromatic heterocycles. The largest absolute Gasteiger partial charge is 0.454 e. The zero-order valence-corrected chi connectivity index (χ0v) is 18.7. The first-order chi connectivity index (χ1) is 14.4. The van der Waals surface area contributed by atoms with Crippen molar-refractivity contribution in [2.45, 2.75) is 71.8 Å². The molecule has 3 N–H and O–H groups in total. The van der Waals surface area contributed by atoms with E-state index >= 15 is 0 Å². The Bertz CT molecular complexity index is 694.